The molecule has 3 heteroatoms. The molecule has 0 heterocycles. The van der Waals surface area contributed by atoms with Gasteiger partial charge in [0.1, 0.15) is 0 Å². The molecule has 3 nitrogen and oxygen atoms in total. The van der Waals surface area contributed by atoms with Gasteiger partial charge in [0, 0.05) is 5.69 Å². The second kappa shape index (κ2) is 7.17. The minimum absolute atomic E-state index is 0.0764. The summed E-state index contributed by atoms with van der Waals surface area (Å²) in [5, 5.41) is 3.00. The molecule has 0 spiro atoms. The van der Waals surface area contributed by atoms with Crippen LogP contribution in [0.25, 0.3) is 0 Å². The van der Waals surface area contributed by atoms with Crippen molar-refractivity contribution in [2.75, 3.05) is 5.32 Å². The standard InChI is InChI=1S/C15H24N2O/c1-4-8-13(16)15(18)17-14-11(5-2)9-7-10-12(14)6-3/h7,9-10,13H,4-6,8,16H2,1-3H3,(H,17,18). The lowest BCUT2D eigenvalue weighted by Crippen LogP contribution is -2.35. The van der Waals surface area contributed by atoms with E-state index in [4.69, 9.17) is 5.73 Å². The quantitative estimate of drug-likeness (QED) is 0.813. The maximum absolute atomic E-state index is 12.0. The number of amides is 1. The van der Waals surface area contributed by atoms with Crippen LogP contribution >= 0.6 is 0 Å². The highest BCUT2D eigenvalue weighted by Gasteiger charge is 2.15. The molecule has 1 aromatic rings. The number of rotatable bonds is 6. The molecule has 0 bridgehead atoms. The Balaban J connectivity index is 2.91. The van der Waals surface area contributed by atoms with E-state index >= 15 is 0 Å². The topological polar surface area (TPSA) is 55.1 Å². The van der Waals surface area contributed by atoms with Gasteiger partial charge in [-0.15, -0.1) is 0 Å². The zero-order valence-electron chi connectivity index (χ0n) is 11.6. The summed E-state index contributed by atoms with van der Waals surface area (Å²) in [6, 6.07) is 5.74. The van der Waals surface area contributed by atoms with Crippen LogP contribution in [0.5, 0.6) is 0 Å². The number of carbonyl (C=O) groups excluding carboxylic acids is 1. The molecule has 0 aliphatic rings. The molecular formula is C15H24N2O. The van der Waals surface area contributed by atoms with Gasteiger partial charge in [-0.2, -0.15) is 0 Å². The molecule has 1 aromatic carbocycles. The van der Waals surface area contributed by atoms with E-state index in [2.05, 4.69) is 31.3 Å². The largest absolute Gasteiger partial charge is 0.324 e. The van der Waals surface area contributed by atoms with E-state index in [1.165, 1.54) is 11.1 Å². The zero-order valence-corrected chi connectivity index (χ0v) is 11.6. The highest BCUT2D eigenvalue weighted by Crippen LogP contribution is 2.22. The number of carbonyl (C=O) groups is 1. The van der Waals surface area contributed by atoms with Crippen molar-refractivity contribution in [2.24, 2.45) is 5.73 Å². The van der Waals surface area contributed by atoms with Crippen molar-refractivity contribution in [3.05, 3.63) is 29.3 Å². The first kappa shape index (κ1) is 14.7. The number of hydrogen-bond acceptors (Lipinski definition) is 2. The first-order chi connectivity index (χ1) is 8.63. The third-order valence-electron chi connectivity index (χ3n) is 3.18. The van der Waals surface area contributed by atoms with Gasteiger partial charge in [0.05, 0.1) is 6.04 Å². The van der Waals surface area contributed by atoms with Crippen molar-refractivity contribution in [1.82, 2.24) is 0 Å². The normalized spacial score (nSPS) is 12.2. The number of nitrogens with one attached hydrogen (secondary N) is 1. The fraction of sp³-hybridized carbons (Fsp3) is 0.533. The fourth-order valence-corrected chi connectivity index (χ4v) is 2.06. The molecule has 1 unspecified atom stereocenters. The number of benzene rings is 1. The van der Waals surface area contributed by atoms with Gasteiger partial charge in [-0.3, -0.25) is 4.79 Å². The Kier molecular flexibility index (Phi) is 5.86. The smallest absolute Gasteiger partial charge is 0.241 e. The molecule has 0 aliphatic carbocycles. The lowest BCUT2D eigenvalue weighted by atomic mass is 10.0. The summed E-state index contributed by atoms with van der Waals surface area (Å²) < 4.78 is 0. The van der Waals surface area contributed by atoms with E-state index in [1.54, 1.807) is 0 Å². The van der Waals surface area contributed by atoms with Gasteiger partial charge in [-0.05, 0) is 30.4 Å². The molecule has 0 fully saturated rings. The predicted octanol–water partition coefficient (Wildman–Crippen LogP) is 2.88. The average molecular weight is 248 g/mol. The van der Waals surface area contributed by atoms with Gasteiger partial charge in [0.25, 0.3) is 0 Å². The van der Waals surface area contributed by atoms with E-state index < -0.39 is 6.04 Å². The van der Waals surface area contributed by atoms with E-state index in [-0.39, 0.29) is 5.91 Å². The van der Waals surface area contributed by atoms with Gasteiger partial charge < -0.3 is 11.1 Å². The van der Waals surface area contributed by atoms with Crippen LogP contribution in [0.4, 0.5) is 5.69 Å². The number of para-hydroxylation sites is 1. The SMILES string of the molecule is CCCC(N)C(=O)Nc1c(CC)cccc1CC. The summed E-state index contributed by atoms with van der Waals surface area (Å²) in [7, 11) is 0. The molecule has 0 aromatic heterocycles. The van der Waals surface area contributed by atoms with E-state index in [9.17, 15) is 4.79 Å². The summed E-state index contributed by atoms with van der Waals surface area (Å²) in [4.78, 5) is 12.0. The molecule has 18 heavy (non-hydrogen) atoms. The third kappa shape index (κ3) is 3.57. The Labute approximate surface area is 110 Å². The van der Waals surface area contributed by atoms with Crippen LogP contribution in [0.2, 0.25) is 0 Å². The summed E-state index contributed by atoms with van der Waals surface area (Å²) in [5.74, 6) is -0.0764. The number of nitrogens with two attached hydrogens (primary N) is 1. The monoisotopic (exact) mass is 248 g/mol. The molecule has 0 aliphatic heterocycles. The molecular weight excluding hydrogens is 224 g/mol. The summed E-state index contributed by atoms with van der Waals surface area (Å²) >= 11 is 0. The van der Waals surface area contributed by atoms with Gasteiger partial charge >= 0.3 is 0 Å². The Bertz CT molecular complexity index is 379. The van der Waals surface area contributed by atoms with Crippen molar-refractivity contribution in [2.45, 2.75) is 52.5 Å². The Morgan fingerprint density at radius 1 is 1.22 bits per heavy atom. The lowest BCUT2D eigenvalue weighted by molar-refractivity contribution is -0.117. The van der Waals surface area contributed by atoms with Crippen LogP contribution in [0, 0.1) is 0 Å². The van der Waals surface area contributed by atoms with Crippen LogP contribution in [0.3, 0.4) is 0 Å². The van der Waals surface area contributed by atoms with Crippen LogP contribution in [0.15, 0.2) is 18.2 Å². The van der Waals surface area contributed by atoms with Gasteiger partial charge in [-0.1, -0.05) is 45.4 Å². The second-order valence-corrected chi connectivity index (χ2v) is 4.54. The van der Waals surface area contributed by atoms with Gasteiger partial charge in [-0.25, -0.2) is 0 Å². The molecule has 1 amide bonds. The van der Waals surface area contributed by atoms with Crippen LogP contribution in [0.1, 0.15) is 44.7 Å². The number of hydrogen-bond donors (Lipinski definition) is 2. The zero-order chi connectivity index (χ0) is 13.5. The first-order valence-corrected chi connectivity index (χ1v) is 6.81. The van der Waals surface area contributed by atoms with Crippen molar-refractivity contribution in [3.8, 4) is 0 Å². The molecule has 100 valence electrons. The van der Waals surface area contributed by atoms with Crippen LogP contribution in [-0.4, -0.2) is 11.9 Å². The molecule has 0 saturated carbocycles. The average Bonchev–Trinajstić information content (AvgIpc) is 2.39. The molecule has 1 atom stereocenters. The highest BCUT2D eigenvalue weighted by molar-refractivity contribution is 5.96. The molecule has 0 saturated heterocycles. The molecule has 1 rings (SSSR count). The fourth-order valence-electron chi connectivity index (χ4n) is 2.06. The maximum Gasteiger partial charge on any atom is 0.241 e. The Morgan fingerprint density at radius 3 is 2.22 bits per heavy atom. The van der Waals surface area contributed by atoms with Crippen LogP contribution in [-0.2, 0) is 17.6 Å². The lowest BCUT2D eigenvalue weighted by Gasteiger charge is -2.17. The van der Waals surface area contributed by atoms with Gasteiger partial charge in [0.15, 0.2) is 0 Å². The second-order valence-electron chi connectivity index (χ2n) is 4.54. The van der Waals surface area contributed by atoms with Crippen molar-refractivity contribution < 1.29 is 4.79 Å². The third-order valence-corrected chi connectivity index (χ3v) is 3.18. The summed E-state index contributed by atoms with van der Waals surface area (Å²) in [6.45, 7) is 6.22. The predicted molar refractivity (Wildman–Crippen MR) is 76.7 cm³/mol. The molecule has 0 radical (unpaired) electrons. The van der Waals surface area contributed by atoms with Crippen LogP contribution < -0.4 is 11.1 Å². The minimum Gasteiger partial charge on any atom is -0.324 e. The number of anilines is 1. The minimum atomic E-state index is -0.412. The van der Waals surface area contributed by atoms with Crippen molar-refractivity contribution in [3.63, 3.8) is 0 Å². The van der Waals surface area contributed by atoms with Gasteiger partial charge in [0.2, 0.25) is 5.91 Å². The molecule has 3 N–H and O–H groups in total. The summed E-state index contributed by atoms with van der Waals surface area (Å²) in [6.07, 6.45) is 3.46. The summed E-state index contributed by atoms with van der Waals surface area (Å²) in [5.41, 5.74) is 9.15. The number of aryl methyl sites for hydroxylation is 2. The van der Waals surface area contributed by atoms with E-state index in [0.717, 1.165) is 31.4 Å². The van der Waals surface area contributed by atoms with Crippen molar-refractivity contribution >= 4 is 11.6 Å². The van der Waals surface area contributed by atoms with E-state index in [0.29, 0.717) is 0 Å². The first-order valence-electron chi connectivity index (χ1n) is 6.81. The van der Waals surface area contributed by atoms with E-state index in [1.807, 2.05) is 13.0 Å². The Morgan fingerprint density at radius 2 is 1.78 bits per heavy atom. The maximum atomic E-state index is 12.0. The highest BCUT2D eigenvalue weighted by atomic mass is 16.2. The Hall–Kier alpha value is -1.35. The van der Waals surface area contributed by atoms with Crippen molar-refractivity contribution in [1.29, 1.82) is 0 Å².